The highest BCUT2D eigenvalue weighted by atomic mass is 79.9. The third-order valence-corrected chi connectivity index (χ3v) is 4.13. The predicted octanol–water partition coefficient (Wildman–Crippen LogP) is 3.06. The molecule has 1 unspecified atom stereocenters. The Balaban J connectivity index is 1.89. The maximum Gasteiger partial charge on any atom is 0.0951 e. The molecule has 0 saturated carbocycles. The summed E-state index contributed by atoms with van der Waals surface area (Å²) < 4.78 is 3.36. The zero-order valence-corrected chi connectivity index (χ0v) is 11.7. The van der Waals surface area contributed by atoms with Crippen molar-refractivity contribution < 1.29 is 0 Å². The number of hydrogen-bond donors (Lipinski definition) is 1. The predicted molar refractivity (Wildman–Crippen MR) is 76.4 cm³/mol. The van der Waals surface area contributed by atoms with Crippen LogP contribution in [-0.4, -0.2) is 22.1 Å². The van der Waals surface area contributed by atoms with Crippen LogP contribution in [-0.2, 0) is 6.54 Å². The number of rotatable bonds is 3. The van der Waals surface area contributed by atoms with E-state index >= 15 is 0 Å². The molecular formula is C14H16BrN3. The molecule has 18 heavy (non-hydrogen) atoms. The van der Waals surface area contributed by atoms with Crippen molar-refractivity contribution in [1.29, 1.82) is 0 Å². The molecule has 1 aliphatic rings. The average Bonchev–Trinajstić information content (AvgIpc) is 3.02. The first kappa shape index (κ1) is 11.9. The van der Waals surface area contributed by atoms with Gasteiger partial charge >= 0.3 is 0 Å². The quantitative estimate of drug-likeness (QED) is 0.944. The van der Waals surface area contributed by atoms with E-state index in [1.54, 1.807) is 0 Å². The molecule has 1 saturated heterocycles. The van der Waals surface area contributed by atoms with E-state index in [0.717, 1.165) is 17.6 Å². The van der Waals surface area contributed by atoms with Crippen LogP contribution in [0, 0.1) is 0 Å². The van der Waals surface area contributed by atoms with Gasteiger partial charge in [-0.05, 0) is 25.5 Å². The van der Waals surface area contributed by atoms with Gasteiger partial charge in [0.1, 0.15) is 0 Å². The monoisotopic (exact) mass is 305 g/mol. The summed E-state index contributed by atoms with van der Waals surface area (Å²) in [5, 5.41) is 3.53. The Kier molecular flexibility index (Phi) is 3.48. The van der Waals surface area contributed by atoms with Gasteiger partial charge in [-0.2, -0.15) is 0 Å². The average molecular weight is 306 g/mol. The summed E-state index contributed by atoms with van der Waals surface area (Å²) in [4.78, 5) is 4.30. The number of benzene rings is 1. The fourth-order valence-electron chi connectivity index (χ4n) is 2.51. The maximum absolute atomic E-state index is 4.30. The second-order valence-electron chi connectivity index (χ2n) is 4.70. The highest BCUT2D eigenvalue weighted by Gasteiger charge is 2.16. The number of hydrogen-bond acceptors (Lipinski definition) is 2. The summed E-state index contributed by atoms with van der Waals surface area (Å²) in [5.41, 5.74) is 2.38. The van der Waals surface area contributed by atoms with E-state index in [1.807, 2.05) is 18.6 Å². The van der Waals surface area contributed by atoms with E-state index in [9.17, 15) is 0 Å². The fraction of sp³-hybridized carbons (Fsp3) is 0.357. The van der Waals surface area contributed by atoms with Crippen molar-refractivity contribution in [3.63, 3.8) is 0 Å². The first-order valence-electron chi connectivity index (χ1n) is 6.33. The minimum absolute atomic E-state index is 0.584. The lowest BCUT2D eigenvalue weighted by atomic mass is 10.1. The second kappa shape index (κ2) is 5.24. The van der Waals surface area contributed by atoms with Crippen LogP contribution in [0.2, 0.25) is 0 Å². The summed E-state index contributed by atoms with van der Waals surface area (Å²) in [6, 6.07) is 8.87. The summed E-state index contributed by atoms with van der Waals surface area (Å²) in [7, 11) is 0. The van der Waals surface area contributed by atoms with Crippen molar-refractivity contribution in [2.24, 2.45) is 0 Å². The molecule has 0 amide bonds. The van der Waals surface area contributed by atoms with Gasteiger partial charge < -0.3 is 9.88 Å². The van der Waals surface area contributed by atoms with Crippen LogP contribution in [0.5, 0.6) is 0 Å². The van der Waals surface area contributed by atoms with E-state index < -0.39 is 0 Å². The van der Waals surface area contributed by atoms with E-state index in [-0.39, 0.29) is 0 Å². The van der Waals surface area contributed by atoms with Crippen LogP contribution in [0.4, 0.5) is 0 Å². The van der Waals surface area contributed by atoms with E-state index in [1.165, 1.54) is 24.1 Å². The molecule has 94 valence electrons. The second-order valence-corrected chi connectivity index (χ2v) is 5.56. The van der Waals surface area contributed by atoms with Crippen molar-refractivity contribution in [2.75, 3.05) is 6.54 Å². The molecule has 2 aromatic rings. The van der Waals surface area contributed by atoms with E-state index in [4.69, 9.17) is 0 Å². The molecule has 1 aromatic heterocycles. The van der Waals surface area contributed by atoms with E-state index in [0.29, 0.717) is 6.04 Å². The molecule has 3 nitrogen and oxygen atoms in total. The molecule has 0 aliphatic carbocycles. The lowest BCUT2D eigenvalue weighted by molar-refractivity contribution is 0.511. The number of nitrogens with zero attached hydrogens (tertiary/aromatic N) is 2. The topological polar surface area (TPSA) is 29.9 Å². The number of halogens is 1. The Morgan fingerprint density at radius 3 is 3.06 bits per heavy atom. The van der Waals surface area contributed by atoms with Gasteiger partial charge in [0.15, 0.2) is 0 Å². The van der Waals surface area contributed by atoms with Crippen LogP contribution in [0.25, 0.3) is 11.3 Å². The van der Waals surface area contributed by atoms with Gasteiger partial charge in [0.05, 0.1) is 18.2 Å². The first-order chi connectivity index (χ1) is 8.84. The molecule has 1 N–H and O–H groups in total. The van der Waals surface area contributed by atoms with Crippen molar-refractivity contribution in [1.82, 2.24) is 14.9 Å². The first-order valence-corrected chi connectivity index (χ1v) is 7.12. The molecule has 2 heterocycles. The smallest absolute Gasteiger partial charge is 0.0951 e. The number of aromatic nitrogens is 2. The third kappa shape index (κ3) is 2.35. The van der Waals surface area contributed by atoms with E-state index in [2.05, 4.69) is 49.0 Å². The normalized spacial score (nSPS) is 19.3. The maximum atomic E-state index is 4.30. The highest BCUT2D eigenvalue weighted by Crippen LogP contribution is 2.28. The molecule has 0 bridgehead atoms. The summed E-state index contributed by atoms with van der Waals surface area (Å²) in [6.07, 6.45) is 6.40. The molecule has 3 rings (SSSR count). The molecular weight excluding hydrogens is 290 g/mol. The van der Waals surface area contributed by atoms with Gasteiger partial charge in [0.25, 0.3) is 0 Å². The molecule has 0 radical (unpaired) electrons. The standard InChI is InChI=1S/C14H16BrN3/c15-13-6-2-1-5-12(13)14-8-16-10-18(14)9-11-4-3-7-17-11/h1-2,5-6,8,10-11,17H,3-4,7,9H2. The van der Waals surface area contributed by atoms with Gasteiger partial charge in [0.2, 0.25) is 0 Å². The molecule has 1 fully saturated rings. The summed E-state index contributed by atoms with van der Waals surface area (Å²) >= 11 is 3.61. The Bertz CT molecular complexity index is 529. The summed E-state index contributed by atoms with van der Waals surface area (Å²) in [6.45, 7) is 2.14. The zero-order valence-electron chi connectivity index (χ0n) is 10.1. The molecule has 0 spiro atoms. The Morgan fingerprint density at radius 1 is 1.39 bits per heavy atom. The van der Waals surface area contributed by atoms with Crippen LogP contribution < -0.4 is 5.32 Å². The van der Waals surface area contributed by atoms with Gasteiger partial charge in [-0.1, -0.05) is 34.1 Å². The van der Waals surface area contributed by atoms with Crippen LogP contribution in [0.15, 0.2) is 41.3 Å². The van der Waals surface area contributed by atoms with Crippen molar-refractivity contribution in [2.45, 2.75) is 25.4 Å². The highest BCUT2D eigenvalue weighted by molar-refractivity contribution is 9.10. The van der Waals surface area contributed by atoms with Gasteiger partial charge in [-0.15, -0.1) is 0 Å². The number of imidazole rings is 1. The zero-order chi connectivity index (χ0) is 12.4. The third-order valence-electron chi connectivity index (χ3n) is 3.44. The lowest BCUT2D eigenvalue weighted by Crippen LogP contribution is -2.26. The minimum Gasteiger partial charge on any atom is -0.329 e. The molecule has 4 heteroatoms. The summed E-state index contributed by atoms with van der Waals surface area (Å²) in [5.74, 6) is 0. The molecule has 1 aliphatic heterocycles. The molecule has 1 aromatic carbocycles. The Labute approximate surface area is 115 Å². The lowest BCUT2D eigenvalue weighted by Gasteiger charge is -2.14. The van der Waals surface area contributed by atoms with Crippen molar-refractivity contribution in [3.05, 3.63) is 41.3 Å². The molecule has 1 atom stereocenters. The number of nitrogens with one attached hydrogen (secondary N) is 1. The Hall–Kier alpha value is -1.13. The van der Waals surface area contributed by atoms with Gasteiger partial charge in [-0.25, -0.2) is 4.98 Å². The van der Waals surface area contributed by atoms with Gasteiger partial charge in [-0.3, -0.25) is 0 Å². The van der Waals surface area contributed by atoms with Crippen molar-refractivity contribution >= 4 is 15.9 Å². The van der Waals surface area contributed by atoms with Crippen LogP contribution in [0.1, 0.15) is 12.8 Å². The fourth-order valence-corrected chi connectivity index (χ4v) is 3.00. The van der Waals surface area contributed by atoms with Gasteiger partial charge in [0, 0.05) is 22.6 Å². The largest absolute Gasteiger partial charge is 0.329 e. The SMILES string of the molecule is Brc1ccccc1-c1cncn1CC1CCCN1. The van der Waals surface area contributed by atoms with Crippen LogP contribution >= 0.6 is 15.9 Å². The minimum atomic E-state index is 0.584. The van der Waals surface area contributed by atoms with Crippen LogP contribution in [0.3, 0.4) is 0 Å². The Morgan fingerprint density at radius 2 is 2.28 bits per heavy atom. The van der Waals surface area contributed by atoms with Crippen molar-refractivity contribution in [3.8, 4) is 11.3 Å².